The van der Waals surface area contributed by atoms with Gasteiger partial charge in [0.05, 0.1) is 13.7 Å². The molecule has 0 fully saturated rings. The van der Waals surface area contributed by atoms with Gasteiger partial charge in [-0.05, 0) is 24.6 Å². The Balaban J connectivity index is 2.73. The molecule has 76 valence electrons. The molecule has 1 N–H and O–H groups in total. The van der Waals surface area contributed by atoms with E-state index >= 15 is 0 Å². The van der Waals surface area contributed by atoms with Gasteiger partial charge in [0.1, 0.15) is 5.75 Å². The van der Waals surface area contributed by atoms with E-state index in [2.05, 4.69) is 6.92 Å². The summed E-state index contributed by atoms with van der Waals surface area (Å²) in [5, 5.41) is 7.47. The Morgan fingerprint density at radius 3 is 2.86 bits per heavy atom. The van der Waals surface area contributed by atoms with E-state index in [1.807, 2.05) is 24.3 Å². The summed E-state index contributed by atoms with van der Waals surface area (Å²) in [6, 6.07) is 7.36. The lowest BCUT2D eigenvalue weighted by Crippen LogP contribution is -2.02. The van der Waals surface area contributed by atoms with Crippen LogP contribution in [0.15, 0.2) is 24.3 Å². The lowest BCUT2D eigenvalue weighted by Gasteiger charge is -2.06. The summed E-state index contributed by atoms with van der Waals surface area (Å²) in [6.07, 6.45) is 0.978. The summed E-state index contributed by atoms with van der Waals surface area (Å²) in [4.78, 5) is 0. The molecule has 1 aromatic carbocycles. The maximum absolute atomic E-state index is 7.47. The van der Waals surface area contributed by atoms with Crippen LogP contribution in [-0.4, -0.2) is 19.6 Å². The molecule has 0 unspecified atom stereocenters. The molecule has 0 saturated carbocycles. The van der Waals surface area contributed by atoms with Crippen molar-refractivity contribution in [2.24, 2.45) is 0 Å². The van der Waals surface area contributed by atoms with Crippen LogP contribution in [0.25, 0.3) is 0 Å². The van der Waals surface area contributed by atoms with Crippen LogP contribution in [-0.2, 0) is 4.74 Å². The molecule has 3 heteroatoms. The van der Waals surface area contributed by atoms with Gasteiger partial charge in [-0.2, -0.15) is 0 Å². The van der Waals surface area contributed by atoms with Crippen molar-refractivity contribution in [2.45, 2.75) is 13.3 Å². The number of methoxy groups -OCH3 is 1. The molecule has 0 atom stereocenters. The number of nitrogens with one attached hydrogen (secondary N) is 1. The Bertz CT molecular complexity index is 310. The first kappa shape index (κ1) is 10.6. The zero-order valence-corrected chi connectivity index (χ0v) is 8.54. The van der Waals surface area contributed by atoms with Gasteiger partial charge in [0.15, 0.2) is 0 Å². The maximum atomic E-state index is 7.47. The first-order valence-electron chi connectivity index (χ1n) is 4.63. The topological polar surface area (TPSA) is 42.3 Å². The fourth-order valence-corrected chi connectivity index (χ4v) is 1.06. The van der Waals surface area contributed by atoms with Crippen molar-refractivity contribution in [1.29, 1.82) is 5.41 Å². The molecule has 0 aliphatic heterocycles. The number of ether oxygens (including phenoxy) is 2. The smallest absolute Gasteiger partial charge is 0.213 e. The molecule has 0 saturated heterocycles. The molecule has 1 aromatic rings. The second-order valence-electron chi connectivity index (χ2n) is 2.91. The zero-order chi connectivity index (χ0) is 10.4. The first-order valence-corrected chi connectivity index (χ1v) is 4.63. The predicted molar refractivity (Wildman–Crippen MR) is 56.1 cm³/mol. The highest BCUT2D eigenvalue weighted by Crippen LogP contribution is 2.14. The third kappa shape index (κ3) is 2.76. The normalized spacial score (nSPS) is 9.57. The van der Waals surface area contributed by atoms with Crippen molar-refractivity contribution in [1.82, 2.24) is 0 Å². The van der Waals surface area contributed by atoms with Crippen molar-refractivity contribution < 1.29 is 9.47 Å². The predicted octanol–water partition coefficient (Wildman–Crippen LogP) is 2.45. The van der Waals surface area contributed by atoms with Crippen molar-refractivity contribution in [3.8, 4) is 5.75 Å². The number of benzene rings is 1. The molecule has 14 heavy (non-hydrogen) atoms. The van der Waals surface area contributed by atoms with E-state index in [4.69, 9.17) is 14.9 Å². The molecule has 1 rings (SSSR count). The largest absolute Gasteiger partial charge is 0.494 e. The first-order chi connectivity index (χ1) is 6.77. The van der Waals surface area contributed by atoms with Crippen LogP contribution in [0.5, 0.6) is 5.75 Å². The van der Waals surface area contributed by atoms with E-state index < -0.39 is 0 Å². The van der Waals surface area contributed by atoms with Gasteiger partial charge in [-0.1, -0.05) is 13.0 Å². The minimum absolute atomic E-state index is 0.159. The summed E-state index contributed by atoms with van der Waals surface area (Å²) in [6.45, 7) is 2.75. The molecular formula is C11H15NO2. The van der Waals surface area contributed by atoms with E-state index in [9.17, 15) is 0 Å². The molecule has 0 spiro atoms. The van der Waals surface area contributed by atoms with E-state index in [0.717, 1.165) is 17.7 Å². The molecule has 0 radical (unpaired) electrons. The average molecular weight is 193 g/mol. The Kier molecular flexibility index (Phi) is 3.98. The Hall–Kier alpha value is -1.51. The van der Waals surface area contributed by atoms with Crippen molar-refractivity contribution in [3.05, 3.63) is 29.8 Å². The fraction of sp³-hybridized carbons (Fsp3) is 0.364. The van der Waals surface area contributed by atoms with Crippen LogP contribution in [0.1, 0.15) is 18.9 Å². The second kappa shape index (κ2) is 5.27. The van der Waals surface area contributed by atoms with E-state index in [1.54, 1.807) is 0 Å². The summed E-state index contributed by atoms with van der Waals surface area (Å²) in [7, 11) is 1.49. The fourth-order valence-electron chi connectivity index (χ4n) is 1.06. The zero-order valence-electron chi connectivity index (χ0n) is 8.54. The van der Waals surface area contributed by atoms with Crippen LogP contribution in [0.4, 0.5) is 0 Å². The SMILES string of the molecule is CCCOc1cccc(C(=N)OC)c1. The molecular weight excluding hydrogens is 178 g/mol. The van der Waals surface area contributed by atoms with Gasteiger partial charge in [-0.25, -0.2) is 0 Å². The van der Waals surface area contributed by atoms with Gasteiger partial charge in [-0.15, -0.1) is 0 Å². The van der Waals surface area contributed by atoms with Gasteiger partial charge < -0.3 is 9.47 Å². The van der Waals surface area contributed by atoms with Crippen LogP contribution in [0.3, 0.4) is 0 Å². The maximum Gasteiger partial charge on any atom is 0.213 e. The molecule has 0 aliphatic rings. The standard InChI is InChI=1S/C11H15NO2/c1-3-7-14-10-6-4-5-9(8-10)11(12)13-2/h4-6,8,12H,3,7H2,1-2H3. The average Bonchev–Trinajstić information content (AvgIpc) is 2.25. The molecule has 0 amide bonds. The van der Waals surface area contributed by atoms with Gasteiger partial charge in [0.2, 0.25) is 5.90 Å². The molecule has 0 heterocycles. The van der Waals surface area contributed by atoms with Gasteiger partial charge in [-0.3, -0.25) is 5.41 Å². The number of rotatable bonds is 4. The van der Waals surface area contributed by atoms with Gasteiger partial charge >= 0.3 is 0 Å². The van der Waals surface area contributed by atoms with Crippen molar-refractivity contribution in [3.63, 3.8) is 0 Å². The van der Waals surface area contributed by atoms with Gasteiger partial charge in [0, 0.05) is 5.56 Å². The van der Waals surface area contributed by atoms with Crippen molar-refractivity contribution >= 4 is 5.90 Å². The summed E-state index contributed by atoms with van der Waals surface area (Å²) < 4.78 is 10.3. The highest BCUT2D eigenvalue weighted by molar-refractivity contribution is 5.91. The highest BCUT2D eigenvalue weighted by atomic mass is 16.5. The third-order valence-corrected chi connectivity index (χ3v) is 1.77. The van der Waals surface area contributed by atoms with Crippen molar-refractivity contribution in [2.75, 3.05) is 13.7 Å². The van der Waals surface area contributed by atoms with Crippen LogP contribution in [0, 0.1) is 5.41 Å². The molecule has 0 aliphatic carbocycles. The van der Waals surface area contributed by atoms with Gasteiger partial charge in [0.25, 0.3) is 0 Å². The van der Waals surface area contributed by atoms with Crippen LogP contribution < -0.4 is 4.74 Å². The summed E-state index contributed by atoms with van der Waals surface area (Å²) >= 11 is 0. The quantitative estimate of drug-likeness (QED) is 0.589. The minimum Gasteiger partial charge on any atom is -0.494 e. The lowest BCUT2D eigenvalue weighted by atomic mass is 10.2. The van der Waals surface area contributed by atoms with E-state index in [0.29, 0.717) is 6.61 Å². The van der Waals surface area contributed by atoms with Crippen LogP contribution in [0.2, 0.25) is 0 Å². The monoisotopic (exact) mass is 193 g/mol. The third-order valence-electron chi connectivity index (χ3n) is 1.77. The molecule has 3 nitrogen and oxygen atoms in total. The van der Waals surface area contributed by atoms with E-state index in [-0.39, 0.29) is 5.90 Å². The Morgan fingerprint density at radius 1 is 1.43 bits per heavy atom. The number of hydrogen-bond donors (Lipinski definition) is 1. The molecule has 0 bridgehead atoms. The second-order valence-corrected chi connectivity index (χ2v) is 2.91. The van der Waals surface area contributed by atoms with E-state index in [1.165, 1.54) is 7.11 Å². The Labute approximate surface area is 84.2 Å². The highest BCUT2D eigenvalue weighted by Gasteiger charge is 2.01. The minimum atomic E-state index is 0.159. The number of hydrogen-bond acceptors (Lipinski definition) is 3. The van der Waals surface area contributed by atoms with Crippen LogP contribution >= 0.6 is 0 Å². The lowest BCUT2D eigenvalue weighted by molar-refractivity contribution is 0.317. The summed E-state index contributed by atoms with van der Waals surface area (Å²) in [5.74, 6) is 0.943. The summed E-state index contributed by atoms with van der Waals surface area (Å²) in [5.41, 5.74) is 0.737. The molecule has 0 aromatic heterocycles. The Morgan fingerprint density at radius 2 is 2.21 bits per heavy atom.